The van der Waals surface area contributed by atoms with Crippen molar-refractivity contribution in [1.29, 1.82) is 0 Å². The van der Waals surface area contributed by atoms with Gasteiger partial charge in [0.2, 0.25) is 0 Å². The third-order valence-electron chi connectivity index (χ3n) is 8.58. The van der Waals surface area contributed by atoms with Crippen molar-refractivity contribution in [2.45, 2.75) is 71.6 Å². The van der Waals surface area contributed by atoms with Gasteiger partial charge >= 0.3 is 230 Å². The van der Waals surface area contributed by atoms with Gasteiger partial charge in [-0.1, -0.05) is 0 Å². The number of anilines is 1. The van der Waals surface area contributed by atoms with Gasteiger partial charge in [0.1, 0.15) is 5.60 Å². The van der Waals surface area contributed by atoms with E-state index in [-0.39, 0.29) is 29.2 Å². The van der Waals surface area contributed by atoms with E-state index < -0.39 is 17.7 Å². The predicted octanol–water partition coefficient (Wildman–Crippen LogP) is 7.68. The molecule has 1 aliphatic heterocycles. The quantitative estimate of drug-likeness (QED) is 0.207. The minimum atomic E-state index is -1.04. The number of carbonyl (C=O) groups excluding carboxylic acids is 1. The van der Waals surface area contributed by atoms with Crippen LogP contribution in [0, 0.1) is 5.92 Å². The molecular formula is C36H41BN2O6. The Bertz CT molecular complexity index is 1690. The van der Waals surface area contributed by atoms with E-state index in [0.717, 1.165) is 35.2 Å². The Morgan fingerprint density at radius 1 is 1.16 bits per heavy atom. The number of phenols is 1. The Morgan fingerprint density at radius 3 is 2.60 bits per heavy atom. The summed E-state index contributed by atoms with van der Waals surface area (Å²) in [5, 5.41) is 27.6. The Kier molecular flexibility index (Phi) is 9.09. The van der Waals surface area contributed by atoms with Crippen LogP contribution in [0.1, 0.15) is 86.5 Å². The van der Waals surface area contributed by atoms with Crippen molar-refractivity contribution in [3.8, 4) is 22.5 Å². The molecule has 2 heterocycles. The minimum absolute atomic E-state index is 0.0558. The molecule has 3 atom stereocenters. The van der Waals surface area contributed by atoms with Gasteiger partial charge < -0.3 is 4.74 Å². The van der Waals surface area contributed by atoms with Gasteiger partial charge in [0.05, 0.1) is 0 Å². The molecule has 5 rings (SSSR count). The monoisotopic (exact) mass is 608 g/mol. The average Bonchev–Trinajstić information content (AvgIpc) is 3.37. The van der Waals surface area contributed by atoms with E-state index in [1.165, 1.54) is 18.3 Å². The molecule has 2 aliphatic rings. The molecule has 0 spiro atoms. The average molecular weight is 609 g/mol. The van der Waals surface area contributed by atoms with Gasteiger partial charge in [0.15, 0.2) is 0 Å². The molecule has 1 unspecified atom stereocenters. The molecule has 1 aliphatic carbocycles. The number of hydrogen-bond donors (Lipinski definition) is 4. The van der Waals surface area contributed by atoms with Crippen LogP contribution in [0.15, 0.2) is 71.7 Å². The Balaban J connectivity index is 1.63. The van der Waals surface area contributed by atoms with Crippen LogP contribution in [0.2, 0.25) is 0 Å². The molecule has 0 bridgehead atoms. The summed E-state index contributed by atoms with van der Waals surface area (Å²) in [5.74, 6) is 1.22. The molecule has 3 aromatic rings. The molecular weight excluding hydrogens is 567 g/mol. The fourth-order valence-corrected chi connectivity index (χ4v) is 6.84. The zero-order chi connectivity index (χ0) is 32.5. The predicted molar refractivity (Wildman–Crippen MR) is 177 cm³/mol. The van der Waals surface area contributed by atoms with Crippen molar-refractivity contribution in [2.24, 2.45) is 5.92 Å². The van der Waals surface area contributed by atoms with Crippen LogP contribution < -0.4 is 15.4 Å². The van der Waals surface area contributed by atoms with E-state index in [9.17, 15) is 19.8 Å². The number of carbonyl (C=O) groups is 2. The van der Waals surface area contributed by atoms with Crippen molar-refractivity contribution in [1.82, 2.24) is 5.32 Å². The third-order valence-corrected chi connectivity index (χ3v) is 8.58. The maximum atomic E-state index is 12.4. The van der Waals surface area contributed by atoms with E-state index in [0.29, 0.717) is 23.3 Å². The van der Waals surface area contributed by atoms with E-state index in [2.05, 4.69) is 35.8 Å². The number of methoxy groups -OCH3 is 1. The Morgan fingerprint density at radius 2 is 1.93 bits per heavy atom. The van der Waals surface area contributed by atoms with Crippen molar-refractivity contribution in [3.63, 3.8) is 0 Å². The molecule has 234 valence electrons. The molecule has 45 heavy (non-hydrogen) atoms. The molecule has 1 aromatic heterocycles. The van der Waals surface area contributed by atoms with Gasteiger partial charge in [0, 0.05) is 0 Å². The van der Waals surface area contributed by atoms with Crippen LogP contribution in [0.4, 0.5) is 10.5 Å². The first-order valence-corrected chi connectivity index (χ1v) is 15.4. The van der Waals surface area contributed by atoms with Crippen LogP contribution in [0.25, 0.3) is 11.0 Å². The van der Waals surface area contributed by atoms with Crippen LogP contribution in [0.3, 0.4) is 0 Å². The third kappa shape index (κ3) is 6.48. The number of fused-ring (bicyclic) bond motifs is 3. The van der Waals surface area contributed by atoms with Crippen LogP contribution >= 0.6 is 0 Å². The summed E-state index contributed by atoms with van der Waals surface area (Å²) in [5.41, 5.74) is 7.36. The van der Waals surface area contributed by atoms with E-state index in [4.69, 9.17) is 9.47 Å². The number of phenolic OH excluding ortho intramolecular Hbond substituents is 1. The second kappa shape index (κ2) is 12.8. The molecule has 1 amide bonds. The van der Waals surface area contributed by atoms with E-state index >= 15 is 0 Å². The number of rotatable bonds is 8. The number of nitrogens with one attached hydrogen (secondary N) is 2. The Labute approximate surface area is 265 Å². The SMILES string of the molecule is C/C=C\C1=C(CC)[C@@H]2c3cc(CNC(=O)OC(C)(C)C)ccc3NC(c3cc(OC)c(O)cc3-c3bcccc3C(=O)O)[C@@H]2C1. The van der Waals surface area contributed by atoms with Crippen molar-refractivity contribution < 1.29 is 29.3 Å². The number of alkyl carbamates (subject to hydrolysis) is 1. The van der Waals surface area contributed by atoms with Crippen molar-refractivity contribution >= 4 is 24.7 Å². The standard InChI is InChI=1S/C36H41BN2O6/c1-7-10-21-16-27-31(22(21)8-2)26-15-20(19-38-35(43)45-36(3,4)5)12-13-28(26)39-33(27)25-18-30(44-6)29(40)17-24(25)32-23(34(41)42)11-9-14-37-32/h7,9-15,17-18,27,31,33,39-40H,8,16,19H2,1-6H3,(H,38,43)(H,41,42)/b10-7-/t27-,31-,33?/m1/s1. The molecule has 8 nitrogen and oxygen atoms in total. The summed E-state index contributed by atoms with van der Waals surface area (Å²) in [6.45, 7) is 11.8. The number of benzene rings is 2. The molecule has 0 saturated heterocycles. The molecule has 9 heteroatoms. The number of aromatic carboxylic acids is 1. The van der Waals surface area contributed by atoms with Gasteiger partial charge in [-0.25, -0.2) is 4.79 Å². The Hall–Kier alpha value is -4.53. The molecule has 4 N–H and O–H groups in total. The van der Waals surface area contributed by atoms with E-state index in [1.54, 1.807) is 25.1 Å². The number of amides is 1. The first-order valence-electron chi connectivity index (χ1n) is 15.4. The summed E-state index contributed by atoms with van der Waals surface area (Å²) < 4.78 is 11.0. The second-order valence-electron chi connectivity index (χ2n) is 12.6. The summed E-state index contributed by atoms with van der Waals surface area (Å²) in [6.07, 6.45) is 5.50. The summed E-state index contributed by atoms with van der Waals surface area (Å²) >= 11 is 0. The topological polar surface area (TPSA) is 117 Å². The molecule has 0 radical (unpaired) electrons. The van der Waals surface area contributed by atoms with Crippen LogP contribution in [-0.2, 0) is 11.3 Å². The van der Waals surface area contributed by atoms with Crippen LogP contribution in [0.5, 0.6) is 11.5 Å². The van der Waals surface area contributed by atoms with Crippen molar-refractivity contribution in [3.05, 3.63) is 94.0 Å². The number of carboxylic acid groups (broad SMARTS) is 1. The summed E-state index contributed by atoms with van der Waals surface area (Å²) in [4.78, 5) is 24.7. The van der Waals surface area contributed by atoms with E-state index in [1.807, 2.05) is 51.9 Å². The number of hydrogen-bond acceptors (Lipinski definition) is 6. The number of ether oxygens (including phenoxy) is 2. The van der Waals surface area contributed by atoms with Gasteiger partial charge in [-0.3, -0.25) is 0 Å². The summed E-state index contributed by atoms with van der Waals surface area (Å²) in [6, 6.07) is 12.7. The van der Waals surface area contributed by atoms with Gasteiger partial charge in [0.25, 0.3) is 0 Å². The zero-order valence-electron chi connectivity index (χ0n) is 26.7. The molecule has 0 fully saturated rings. The fraction of sp³-hybridized carbons (Fsp3) is 0.361. The van der Waals surface area contributed by atoms with Gasteiger partial charge in [-0.05, 0) is 20.8 Å². The normalized spacial score (nSPS) is 19.0. The fourth-order valence-electron chi connectivity index (χ4n) is 6.84. The number of aromatic hydroxyl groups is 1. The van der Waals surface area contributed by atoms with Crippen LogP contribution in [-0.4, -0.2) is 41.9 Å². The number of allylic oxidation sites excluding steroid dienone is 4. The molecule has 2 aromatic carbocycles. The first kappa shape index (κ1) is 31.9. The first-order chi connectivity index (χ1) is 21.4. The van der Waals surface area contributed by atoms with Gasteiger partial charge in [-0.15, -0.1) is 0 Å². The zero-order valence-corrected chi connectivity index (χ0v) is 26.7. The number of carboxylic acids is 1. The second-order valence-corrected chi connectivity index (χ2v) is 12.6. The summed E-state index contributed by atoms with van der Waals surface area (Å²) in [7, 11) is 1.51. The molecule has 0 saturated carbocycles. The maximum absolute atomic E-state index is 12.4. The van der Waals surface area contributed by atoms with Gasteiger partial charge in [-0.2, -0.15) is 0 Å². The van der Waals surface area contributed by atoms with Crippen molar-refractivity contribution in [2.75, 3.05) is 12.4 Å².